The minimum atomic E-state index is -1.14. The molecule has 1 unspecified atom stereocenters. The molecule has 1 aromatic carbocycles. The van der Waals surface area contributed by atoms with Crippen molar-refractivity contribution in [2.24, 2.45) is 11.7 Å². The Bertz CT molecular complexity index is 821. The fraction of sp³-hybridized carbons (Fsp3) is 0.615. The topological polar surface area (TPSA) is 172 Å². The molecular weight excluding hydrogens is 478 g/mol. The van der Waals surface area contributed by atoms with E-state index < -0.39 is 30.2 Å². The highest BCUT2D eigenvalue weighted by Crippen LogP contribution is 2.05. The number of amides is 4. The number of nitrogens with two attached hydrogens (primary N) is 1. The molecule has 1 aromatic rings. The molecule has 2 atom stereocenters. The van der Waals surface area contributed by atoms with Gasteiger partial charge in [-0.05, 0) is 63.0 Å². The summed E-state index contributed by atoms with van der Waals surface area (Å²) in [7, 11) is 0. The number of carbonyl (C=O) groups excluding carboxylic acids is 3. The van der Waals surface area contributed by atoms with E-state index in [1.165, 1.54) is 0 Å². The number of carboxylic acids is 1. The molecule has 0 aliphatic heterocycles. The van der Waals surface area contributed by atoms with Crippen LogP contribution in [0.2, 0.25) is 0 Å². The van der Waals surface area contributed by atoms with Crippen LogP contribution >= 0.6 is 0 Å². The van der Waals surface area contributed by atoms with Gasteiger partial charge in [0, 0.05) is 13.1 Å². The summed E-state index contributed by atoms with van der Waals surface area (Å²) in [6, 6.07) is 6.72. The number of carboxylic acid groups (broad SMARTS) is 1. The van der Waals surface area contributed by atoms with Gasteiger partial charge in [-0.15, -0.1) is 0 Å². The van der Waals surface area contributed by atoms with Crippen LogP contribution in [0.5, 0.6) is 0 Å². The molecule has 0 bridgehead atoms. The minimum absolute atomic E-state index is 0.174. The van der Waals surface area contributed by atoms with E-state index in [1.54, 1.807) is 0 Å². The highest BCUT2D eigenvalue weighted by atomic mass is 16.5. The number of unbranched alkanes of at least 4 members (excludes halogenated alkanes) is 2. The summed E-state index contributed by atoms with van der Waals surface area (Å²) in [6.07, 6.45) is 3.16. The lowest BCUT2D eigenvalue weighted by atomic mass is 10.1. The van der Waals surface area contributed by atoms with E-state index in [4.69, 9.17) is 10.5 Å². The Morgan fingerprint density at radius 3 is 2.16 bits per heavy atom. The van der Waals surface area contributed by atoms with Crippen molar-refractivity contribution in [1.29, 1.82) is 0 Å². The maximum atomic E-state index is 12.7. The van der Waals surface area contributed by atoms with E-state index in [-0.39, 0.29) is 18.9 Å². The third-order valence-electron chi connectivity index (χ3n) is 5.59. The lowest BCUT2D eigenvalue weighted by Gasteiger charge is -2.21. The van der Waals surface area contributed by atoms with Gasteiger partial charge in [-0.2, -0.15) is 0 Å². The van der Waals surface area contributed by atoms with E-state index in [1.807, 2.05) is 44.2 Å². The second-order valence-corrected chi connectivity index (χ2v) is 9.30. The van der Waals surface area contributed by atoms with Crippen molar-refractivity contribution in [1.82, 2.24) is 21.3 Å². The quantitative estimate of drug-likeness (QED) is 0.161. The van der Waals surface area contributed by atoms with E-state index in [9.17, 15) is 24.3 Å². The van der Waals surface area contributed by atoms with Crippen LogP contribution in [0.25, 0.3) is 0 Å². The second kappa shape index (κ2) is 18.9. The van der Waals surface area contributed by atoms with Crippen molar-refractivity contribution in [3.63, 3.8) is 0 Å². The molecular formula is C26H43N5O6. The SMILES string of the molecule is CC(C)CCNC(=O)[C@@H](CCCCNC(=O)OCc1ccccc1)NC(=O)NC(CCCCN)C(=O)O. The Kier molecular flexibility index (Phi) is 16.2. The summed E-state index contributed by atoms with van der Waals surface area (Å²) in [5.41, 5.74) is 6.34. The Balaban J connectivity index is 2.51. The number of nitrogens with one attached hydrogen (secondary N) is 4. The number of ether oxygens (including phenoxy) is 1. The van der Waals surface area contributed by atoms with Gasteiger partial charge < -0.3 is 36.8 Å². The predicted molar refractivity (Wildman–Crippen MR) is 141 cm³/mol. The van der Waals surface area contributed by atoms with Gasteiger partial charge in [0.1, 0.15) is 18.7 Å². The van der Waals surface area contributed by atoms with E-state index in [0.717, 1.165) is 12.0 Å². The number of carbonyl (C=O) groups is 4. The largest absolute Gasteiger partial charge is 0.480 e. The smallest absolute Gasteiger partial charge is 0.407 e. The Morgan fingerprint density at radius 1 is 0.865 bits per heavy atom. The molecule has 0 aliphatic rings. The number of benzene rings is 1. The van der Waals surface area contributed by atoms with E-state index in [0.29, 0.717) is 57.7 Å². The zero-order valence-electron chi connectivity index (χ0n) is 22.0. The van der Waals surface area contributed by atoms with Gasteiger partial charge in [-0.1, -0.05) is 44.2 Å². The lowest BCUT2D eigenvalue weighted by Crippen LogP contribution is -2.53. The van der Waals surface area contributed by atoms with Crippen LogP contribution in [0.1, 0.15) is 64.4 Å². The summed E-state index contributed by atoms with van der Waals surface area (Å²) in [5.74, 6) is -1.07. The zero-order chi connectivity index (χ0) is 27.5. The van der Waals surface area contributed by atoms with Crippen LogP contribution in [0, 0.1) is 5.92 Å². The van der Waals surface area contributed by atoms with Crippen molar-refractivity contribution in [2.75, 3.05) is 19.6 Å². The monoisotopic (exact) mass is 521 g/mol. The summed E-state index contributed by atoms with van der Waals surface area (Å²) < 4.78 is 5.17. The molecule has 0 heterocycles. The lowest BCUT2D eigenvalue weighted by molar-refractivity contribution is -0.139. The van der Waals surface area contributed by atoms with Crippen LogP contribution < -0.4 is 27.0 Å². The minimum Gasteiger partial charge on any atom is -0.480 e. The molecule has 0 saturated carbocycles. The van der Waals surface area contributed by atoms with Crippen LogP contribution in [0.3, 0.4) is 0 Å². The first kappa shape index (κ1) is 31.7. The maximum Gasteiger partial charge on any atom is 0.407 e. The first-order valence-corrected chi connectivity index (χ1v) is 12.9. The molecule has 0 saturated heterocycles. The van der Waals surface area contributed by atoms with Gasteiger partial charge in [0.15, 0.2) is 0 Å². The zero-order valence-corrected chi connectivity index (χ0v) is 22.0. The molecule has 4 amide bonds. The number of urea groups is 1. The molecule has 11 nitrogen and oxygen atoms in total. The van der Waals surface area contributed by atoms with Crippen molar-refractivity contribution in [2.45, 2.75) is 77.5 Å². The van der Waals surface area contributed by atoms with Gasteiger partial charge in [-0.25, -0.2) is 14.4 Å². The standard InChI is InChI=1S/C26H43N5O6/c1-19(2)14-17-28-23(32)21(30-25(35)31-22(24(33)34)13-6-8-15-27)12-7-9-16-29-26(36)37-18-20-10-4-3-5-11-20/h3-5,10-11,19,21-22H,6-9,12-18,27H2,1-2H3,(H,28,32)(H,29,36)(H,33,34)(H2,30,31,35)/t21-,22?/m1/s1. The van der Waals surface area contributed by atoms with Gasteiger partial charge in [-0.3, -0.25) is 4.79 Å². The second-order valence-electron chi connectivity index (χ2n) is 9.30. The van der Waals surface area contributed by atoms with Gasteiger partial charge in [0.05, 0.1) is 0 Å². The molecule has 0 fully saturated rings. The van der Waals surface area contributed by atoms with Crippen LogP contribution in [-0.2, 0) is 20.9 Å². The highest BCUT2D eigenvalue weighted by Gasteiger charge is 2.24. The molecule has 208 valence electrons. The maximum absolute atomic E-state index is 12.7. The first-order chi connectivity index (χ1) is 17.7. The summed E-state index contributed by atoms with van der Waals surface area (Å²) in [6.45, 7) is 5.53. The summed E-state index contributed by atoms with van der Waals surface area (Å²) in [4.78, 5) is 48.6. The van der Waals surface area contributed by atoms with Gasteiger partial charge in [0.25, 0.3) is 0 Å². The molecule has 11 heteroatoms. The highest BCUT2D eigenvalue weighted by molar-refractivity contribution is 5.88. The van der Waals surface area contributed by atoms with Crippen LogP contribution in [0.4, 0.5) is 9.59 Å². The molecule has 0 radical (unpaired) electrons. The fourth-order valence-corrected chi connectivity index (χ4v) is 3.42. The Labute approximate surface area is 219 Å². The predicted octanol–water partition coefficient (Wildman–Crippen LogP) is 2.50. The third kappa shape index (κ3) is 15.4. The average molecular weight is 522 g/mol. The molecule has 0 aromatic heterocycles. The Morgan fingerprint density at radius 2 is 1.51 bits per heavy atom. The van der Waals surface area contributed by atoms with Crippen molar-refractivity contribution < 1.29 is 29.0 Å². The Hall–Kier alpha value is -3.34. The number of alkyl carbamates (subject to hydrolysis) is 1. The molecule has 7 N–H and O–H groups in total. The van der Waals surface area contributed by atoms with Crippen molar-refractivity contribution in [3.8, 4) is 0 Å². The van der Waals surface area contributed by atoms with Crippen LogP contribution in [0.15, 0.2) is 30.3 Å². The van der Waals surface area contributed by atoms with Gasteiger partial charge >= 0.3 is 18.1 Å². The van der Waals surface area contributed by atoms with Crippen LogP contribution in [-0.4, -0.2) is 60.8 Å². The van der Waals surface area contributed by atoms with E-state index in [2.05, 4.69) is 21.3 Å². The third-order valence-corrected chi connectivity index (χ3v) is 5.59. The van der Waals surface area contributed by atoms with E-state index >= 15 is 0 Å². The molecule has 1 rings (SSSR count). The van der Waals surface area contributed by atoms with Crippen molar-refractivity contribution in [3.05, 3.63) is 35.9 Å². The summed E-state index contributed by atoms with van der Waals surface area (Å²) >= 11 is 0. The summed E-state index contributed by atoms with van der Waals surface area (Å²) in [5, 5.41) is 19.9. The number of hydrogen-bond acceptors (Lipinski definition) is 6. The number of rotatable bonds is 18. The first-order valence-electron chi connectivity index (χ1n) is 12.9. The molecule has 0 aliphatic carbocycles. The molecule has 0 spiro atoms. The fourth-order valence-electron chi connectivity index (χ4n) is 3.42. The normalized spacial score (nSPS) is 12.3. The van der Waals surface area contributed by atoms with Crippen molar-refractivity contribution >= 4 is 24.0 Å². The van der Waals surface area contributed by atoms with Gasteiger partial charge in [0.2, 0.25) is 5.91 Å². The number of hydrogen-bond donors (Lipinski definition) is 6. The molecule has 37 heavy (non-hydrogen) atoms. The average Bonchev–Trinajstić information content (AvgIpc) is 2.86. The number of aliphatic carboxylic acids is 1.